The van der Waals surface area contributed by atoms with Crippen LogP contribution in [0.2, 0.25) is 0 Å². The maximum atomic E-state index is 12.9. The van der Waals surface area contributed by atoms with E-state index in [-0.39, 0.29) is 29.4 Å². The van der Waals surface area contributed by atoms with Crippen LogP contribution in [0.4, 0.5) is 13.2 Å². The minimum atomic E-state index is -4.55. The molecule has 1 saturated carbocycles. The quantitative estimate of drug-likeness (QED) is 0.576. The number of hydrogen-bond donors (Lipinski definition) is 3. The number of halogens is 3. The van der Waals surface area contributed by atoms with Crippen LogP contribution in [0.5, 0.6) is 5.75 Å². The van der Waals surface area contributed by atoms with E-state index < -0.39 is 23.6 Å². The Morgan fingerprint density at radius 1 is 1.17 bits per heavy atom. The number of carbonyl (C=O) groups is 2. The van der Waals surface area contributed by atoms with E-state index in [9.17, 15) is 27.9 Å². The Labute approximate surface area is 201 Å². The van der Waals surface area contributed by atoms with Crippen molar-refractivity contribution in [2.75, 3.05) is 19.6 Å². The molecule has 188 valence electrons. The van der Waals surface area contributed by atoms with Crippen molar-refractivity contribution in [3.63, 3.8) is 0 Å². The first-order valence-electron chi connectivity index (χ1n) is 11.8. The molecule has 2 fully saturated rings. The van der Waals surface area contributed by atoms with Gasteiger partial charge in [0.1, 0.15) is 5.75 Å². The molecule has 1 aliphatic carbocycles. The lowest BCUT2D eigenvalue weighted by molar-refractivity contribution is -0.137. The molecule has 0 bridgehead atoms. The fourth-order valence-electron chi connectivity index (χ4n) is 5.28. The molecule has 0 radical (unpaired) electrons. The number of rotatable bonds is 6. The van der Waals surface area contributed by atoms with Crippen molar-refractivity contribution >= 4 is 11.8 Å². The van der Waals surface area contributed by atoms with Gasteiger partial charge in [0.05, 0.1) is 17.6 Å². The monoisotopic (exact) mass is 490 g/mol. The van der Waals surface area contributed by atoms with Gasteiger partial charge in [0.2, 0.25) is 5.91 Å². The number of nitrogens with one attached hydrogen (secondary N) is 2. The average Bonchev–Trinajstić information content (AvgIpc) is 3.32. The van der Waals surface area contributed by atoms with Gasteiger partial charge < -0.3 is 15.7 Å². The summed E-state index contributed by atoms with van der Waals surface area (Å²) >= 11 is 0. The fraction of sp³-hybridized carbons (Fsp3) is 0.480. The lowest BCUT2D eigenvalue weighted by Gasteiger charge is -2.45. The zero-order valence-electron chi connectivity index (χ0n) is 19.3. The van der Waals surface area contributed by atoms with Crippen LogP contribution in [0.1, 0.15) is 60.0 Å². The van der Waals surface area contributed by atoms with Crippen LogP contribution in [-0.2, 0) is 16.5 Å². The Morgan fingerprint density at radius 3 is 2.66 bits per heavy atom. The SMILES string of the molecule is O=C(CNC(=O)c1cccc(C(F)(F)F)c1)N[C@@H]1CCN(C2(c3cnccc3O)CCCCC2)C1. The van der Waals surface area contributed by atoms with Gasteiger partial charge in [-0.1, -0.05) is 25.3 Å². The van der Waals surface area contributed by atoms with Crippen LogP contribution in [-0.4, -0.2) is 52.5 Å². The van der Waals surface area contributed by atoms with Crippen molar-refractivity contribution in [2.45, 2.75) is 56.3 Å². The van der Waals surface area contributed by atoms with Gasteiger partial charge in [0, 0.05) is 42.7 Å². The number of likely N-dealkylation sites (tertiary alicyclic amines) is 1. The first kappa shape index (κ1) is 25.0. The van der Waals surface area contributed by atoms with Gasteiger partial charge >= 0.3 is 6.18 Å². The van der Waals surface area contributed by atoms with Gasteiger partial charge in [-0.05, 0) is 43.5 Å². The molecular weight excluding hydrogens is 461 g/mol. The van der Waals surface area contributed by atoms with Gasteiger partial charge in [0.25, 0.3) is 5.91 Å². The Kier molecular flexibility index (Phi) is 7.30. The molecule has 7 nitrogen and oxygen atoms in total. The number of nitrogens with zero attached hydrogens (tertiary/aromatic N) is 2. The molecule has 0 unspecified atom stereocenters. The molecule has 0 spiro atoms. The van der Waals surface area contributed by atoms with E-state index >= 15 is 0 Å². The number of aromatic hydroxyl groups is 1. The molecular formula is C25H29F3N4O3. The Hall–Kier alpha value is -3.14. The number of pyridine rings is 1. The summed E-state index contributed by atoms with van der Waals surface area (Å²) in [5.74, 6) is -0.918. The predicted molar refractivity (Wildman–Crippen MR) is 123 cm³/mol. The molecule has 4 rings (SSSR count). The highest BCUT2D eigenvalue weighted by Crippen LogP contribution is 2.46. The van der Waals surface area contributed by atoms with Gasteiger partial charge in [-0.15, -0.1) is 0 Å². The van der Waals surface area contributed by atoms with E-state index in [1.807, 2.05) is 0 Å². The van der Waals surface area contributed by atoms with Gasteiger partial charge in [-0.25, -0.2) is 0 Å². The molecule has 1 saturated heterocycles. The smallest absolute Gasteiger partial charge is 0.416 e. The highest BCUT2D eigenvalue weighted by atomic mass is 19.4. The van der Waals surface area contributed by atoms with Crippen molar-refractivity contribution in [3.8, 4) is 5.75 Å². The number of alkyl halides is 3. The number of aromatic nitrogens is 1. The van der Waals surface area contributed by atoms with Gasteiger partial charge in [-0.2, -0.15) is 13.2 Å². The molecule has 2 aromatic rings. The van der Waals surface area contributed by atoms with Gasteiger partial charge in [-0.3, -0.25) is 19.5 Å². The van der Waals surface area contributed by atoms with Crippen LogP contribution in [0.15, 0.2) is 42.7 Å². The standard InChI is InChI=1S/C25H29F3N4O3/c26-25(27,28)18-6-4-5-17(13-18)23(35)30-15-22(34)31-19-8-12-32(16-19)24(9-2-1-3-10-24)20-14-29-11-7-21(20)33/h4-7,11,13-14,19H,1-3,8-10,12,15-16H2,(H,29,33)(H,30,35)(H,31,34)/t19-/m1/s1. The second kappa shape index (κ2) is 10.2. The van der Waals surface area contributed by atoms with Crippen LogP contribution in [0, 0.1) is 0 Å². The normalized spacial score (nSPS) is 20.4. The molecule has 35 heavy (non-hydrogen) atoms. The second-order valence-corrected chi connectivity index (χ2v) is 9.25. The Bertz CT molecular complexity index is 1070. The molecule has 1 aromatic carbocycles. The predicted octanol–water partition coefficient (Wildman–Crippen LogP) is 3.59. The molecule has 1 atom stereocenters. The van der Waals surface area contributed by atoms with Crippen LogP contribution >= 0.6 is 0 Å². The molecule has 2 aliphatic rings. The number of benzene rings is 1. The van der Waals surface area contributed by atoms with Crippen molar-refractivity contribution in [1.29, 1.82) is 0 Å². The fourth-order valence-corrected chi connectivity index (χ4v) is 5.28. The average molecular weight is 491 g/mol. The summed E-state index contributed by atoms with van der Waals surface area (Å²) in [4.78, 5) is 31.3. The van der Waals surface area contributed by atoms with Crippen LogP contribution in [0.3, 0.4) is 0 Å². The third-order valence-corrected chi connectivity index (χ3v) is 7.00. The lowest BCUT2D eigenvalue weighted by Crippen LogP contribution is -2.49. The maximum Gasteiger partial charge on any atom is 0.416 e. The number of hydrogen-bond acceptors (Lipinski definition) is 5. The molecule has 2 heterocycles. The zero-order chi connectivity index (χ0) is 25.1. The molecule has 3 N–H and O–H groups in total. The Morgan fingerprint density at radius 2 is 1.94 bits per heavy atom. The van der Waals surface area contributed by atoms with Crippen molar-refractivity contribution in [2.24, 2.45) is 0 Å². The molecule has 1 aromatic heterocycles. The summed E-state index contributed by atoms with van der Waals surface area (Å²) < 4.78 is 38.6. The summed E-state index contributed by atoms with van der Waals surface area (Å²) in [5, 5.41) is 15.9. The Balaban J connectivity index is 1.34. The van der Waals surface area contributed by atoms with E-state index in [2.05, 4.69) is 20.5 Å². The zero-order valence-corrected chi connectivity index (χ0v) is 19.3. The molecule has 2 amide bonds. The number of amides is 2. The van der Waals surface area contributed by atoms with E-state index in [4.69, 9.17) is 0 Å². The van der Waals surface area contributed by atoms with Crippen molar-refractivity contribution in [1.82, 2.24) is 20.5 Å². The maximum absolute atomic E-state index is 12.9. The lowest BCUT2D eigenvalue weighted by atomic mass is 9.75. The van der Waals surface area contributed by atoms with Crippen molar-refractivity contribution < 1.29 is 27.9 Å². The third kappa shape index (κ3) is 5.58. The highest BCUT2D eigenvalue weighted by molar-refractivity contribution is 5.96. The minimum absolute atomic E-state index is 0.134. The highest BCUT2D eigenvalue weighted by Gasteiger charge is 2.44. The van der Waals surface area contributed by atoms with E-state index in [1.165, 1.54) is 6.07 Å². The number of carbonyl (C=O) groups excluding carboxylic acids is 2. The third-order valence-electron chi connectivity index (χ3n) is 7.00. The second-order valence-electron chi connectivity index (χ2n) is 9.25. The first-order valence-corrected chi connectivity index (χ1v) is 11.8. The molecule has 10 heteroatoms. The van der Waals surface area contributed by atoms with Crippen LogP contribution < -0.4 is 10.6 Å². The minimum Gasteiger partial charge on any atom is -0.507 e. The summed E-state index contributed by atoms with van der Waals surface area (Å²) in [6.45, 7) is 1.01. The topological polar surface area (TPSA) is 94.6 Å². The summed E-state index contributed by atoms with van der Waals surface area (Å²) in [6.07, 6.45) is 4.50. The summed E-state index contributed by atoms with van der Waals surface area (Å²) in [5.41, 5.74) is -0.583. The van der Waals surface area contributed by atoms with Gasteiger partial charge in [0.15, 0.2) is 0 Å². The van der Waals surface area contributed by atoms with Crippen LogP contribution in [0.25, 0.3) is 0 Å². The molecule has 1 aliphatic heterocycles. The summed E-state index contributed by atoms with van der Waals surface area (Å²) in [7, 11) is 0. The first-order chi connectivity index (χ1) is 16.7. The van der Waals surface area contributed by atoms with E-state index in [0.717, 1.165) is 68.8 Å². The summed E-state index contributed by atoms with van der Waals surface area (Å²) in [6, 6.07) is 5.55. The van der Waals surface area contributed by atoms with E-state index in [1.54, 1.807) is 18.5 Å². The van der Waals surface area contributed by atoms with E-state index in [0.29, 0.717) is 6.54 Å². The largest absolute Gasteiger partial charge is 0.507 e. The van der Waals surface area contributed by atoms with Crippen molar-refractivity contribution in [3.05, 3.63) is 59.4 Å².